The Labute approximate surface area is 142 Å². The zero-order valence-electron chi connectivity index (χ0n) is 14.1. The number of hydrogen-bond donors (Lipinski definition) is 2. The van der Waals surface area contributed by atoms with Gasteiger partial charge in [-0.3, -0.25) is 14.4 Å². The van der Waals surface area contributed by atoms with Gasteiger partial charge in [-0.05, 0) is 24.1 Å². The van der Waals surface area contributed by atoms with Crippen LogP contribution in [-0.2, 0) is 17.9 Å². The molecule has 2 N–H and O–H groups in total. The fraction of sp³-hybridized carbons (Fsp3) is 0.444. The Morgan fingerprint density at radius 1 is 1.33 bits per heavy atom. The molecule has 24 heavy (non-hydrogen) atoms. The van der Waals surface area contributed by atoms with E-state index in [-0.39, 0.29) is 5.91 Å². The van der Waals surface area contributed by atoms with Crippen LogP contribution in [0, 0.1) is 0 Å². The first kappa shape index (κ1) is 16.7. The van der Waals surface area contributed by atoms with Gasteiger partial charge in [0.25, 0.3) is 0 Å². The number of amides is 1. The van der Waals surface area contributed by atoms with Crippen LogP contribution in [0.15, 0.2) is 42.7 Å². The maximum Gasteiger partial charge on any atom is 0.234 e. The summed E-state index contributed by atoms with van der Waals surface area (Å²) in [5, 5.41) is 10.6. The Hall–Kier alpha value is -2.18. The van der Waals surface area contributed by atoms with Crippen molar-refractivity contribution in [3.8, 4) is 0 Å². The molecule has 1 saturated heterocycles. The first-order chi connectivity index (χ1) is 11.7. The molecule has 128 valence electrons. The van der Waals surface area contributed by atoms with Crippen molar-refractivity contribution < 1.29 is 4.79 Å². The quantitative estimate of drug-likeness (QED) is 0.825. The number of nitrogens with one attached hydrogen (secondary N) is 2. The van der Waals surface area contributed by atoms with E-state index in [1.807, 2.05) is 29.1 Å². The van der Waals surface area contributed by atoms with Crippen molar-refractivity contribution in [3.63, 3.8) is 0 Å². The third-order valence-corrected chi connectivity index (χ3v) is 4.47. The minimum Gasteiger partial charge on any atom is -0.351 e. The highest BCUT2D eigenvalue weighted by molar-refractivity contribution is 5.78. The van der Waals surface area contributed by atoms with Gasteiger partial charge in [0, 0.05) is 44.6 Å². The van der Waals surface area contributed by atoms with Crippen LogP contribution in [-0.4, -0.2) is 52.8 Å². The van der Waals surface area contributed by atoms with E-state index >= 15 is 0 Å². The zero-order chi connectivity index (χ0) is 16.8. The zero-order valence-corrected chi connectivity index (χ0v) is 14.1. The van der Waals surface area contributed by atoms with E-state index in [0.29, 0.717) is 25.7 Å². The molecule has 1 atom stereocenters. The van der Waals surface area contributed by atoms with Crippen LogP contribution >= 0.6 is 0 Å². The summed E-state index contributed by atoms with van der Waals surface area (Å²) in [5.41, 5.74) is 2.31. The second kappa shape index (κ2) is 8.08. The Bertz CT molecular complexity index is 655. The summed E-state index contributed by atoms with van der Waals surface area (Å²) < 4.78 is 1.89. The van der Waals surface area contributed by atoms with Crippen LogP contribution in [0.4, 0.5) is 0 Å². The Balaban J connectivity index is 1.55. The number of benzene rings is 1. The molecule has 2 aromatic rings. The molecule has 1 amide bonds. The van der Waals surface area contributed by atoms with E-state index in [9.17, 15) is 4.79 Å². The van der Waals surface area contributed by atoms with Crippen molar-refractivity contribution in [2.24, 2.45) is 0 Å². The largest absolute Gasteiger partial charge is 0.351 e. The van der Waals surface area contributed by atoms with E-state index in [0.717, 1.165) is 25.2 Å². The molecule has 0 bridgehead atoms. The number of aromatic nitrogens is 2. The molecule has 1 fully saturated rings. The lowest BCUT2D eigenvalue weighted by atomic mass is 10.1. The highest BCUT2D eigenvalue weighted by atomic mass is 16.2. The molecule has 1 aromatic carbocycles. The van der Waals surface area contributed by atoms with Crippen LogP contribution in [0.3, 0.4) is 0 Å². The smallest absolute Gasteiger partial charge is 0.234 e. The summed E-state index contributed by atoms with van der Waals surface area (Å²) in [6.45, 7) is 6.70. The third kappa shape index (κ3) is 4.43. The standard InChI is InChI=1S/C18H25N5O/c1-15-11-19-8-10-22(15)14-18(24)20-12-16-5-2-3-6-17(16)13-23-9-4-7-21-23/h2-7,9,15,19H,8,10-14H2,1H3,(H,20,24)/t15-/m0/s1. The van der Waals surface area contributed by atoms with Crippen LogP contribution < -0.4 is 10.6 Å². The van der Waals surface area contributed by atoms with Crippen LogP contribution in [0.5, 0.6) is 0 Å². The van der Waals surface area contributed by atoms with Gasteiger partial charge in [0.05, 0.1) is 13.1 Å². The molecule has 2 heterocycles. The third-order valence-electron chi connectivity index (χ3n) is 4.47. The molecule has 0 radical (unpaired) electrons. The molecule has 0 unspecified atom stereocenters. The molecule has 3 rings (SSSR count). The molecule has 1 aliphatic heterocycles. The SMILES string of the molecule is C[C@H]1CNCCN1CC(=O)NCc1ccccc1Cn1cccn1. The minimum absolute atomic E-state index is 0.0812. The molecule has 6 heteroatoms. The number of carbonyl (C=O) groups is 1. The fourth-order valence-electron chi connectivity index (χ4n) is 3.00. The van der Waals surface area contributed by atoms with E-state index in [2.05, 4.69) is 39.7 Å². The van der Waals surface area contributed by atoms with Gasteiger partial charge >= 0.3 is 0 Å². The van der Waals surface area contributed by atoms with Gasteiger partial charge in [-0.25, -0.2) is 0 Å². The molecule has 1 aliphatic rings. The van der Waals surface area contributed by atoms with Crippen molar-refractivity contribution in [2.75, 3.05) is 26.2 Å². The van der Waals surface area contributed by atoms with Gasteiger partial charge in [-0.2, -0.15) is 5.10 Å². The maximum atomic E-state index is 12.3. The highest BCUT2D eigenvalue weighted by Crippen LogP contribution is 2.10. The molecule has 6 nitrogen and oxygen atoms in total. The number of piperazine rings is 1. The maximum absolute atomic E-state index is 12.3. The predicted molar refractivity (Wildman–Crippen MR) is 93.5 cm³/mol. The topological polar surface area (TPSA) is 62.2 Å². The van der Waals surface area contributed by atoms with Crippen LogP contribution in [0.1, 0.15) is 18.1 Å². The van der Waals surface area contributed by atoms with Gasteiger partial charge in [0.15, 0.2) is 0 Å². The number of nitrogens with zero attached hydrogens (tertiary/aromatic N) is 3. The van der Waals surface area contributed by atoms with Gasteiger partial charge < -0.3 is 10.6 Å². The predicted octanol–water partition coefficient (Wildman–Crippen LogP) is 0.841. The number of hydrogen-bond acceptors (Lipinski definition) is 4. The van der Waals surface area contributed by atoms with Gasteiger partial charge in [0.2, 0.25) is 5.91 Å². The fourth-order valence-corrected chi connectivity index (χ4v) is 3.00. The summed E-state index contributed by atoms with van der Waals surface area (Å²) in [4.78, 5) is 14.5. The summed E-state index contributed by atoms with van der Waals surface area (Å²) in [6.07, 6.45) is 3.72. The lowest BCUT2D eigenvalue weighted by molar-refractivity contribution is -0.123. The second-order valence-electron chi connectivity index (χ2n) is 6.27. The summed E-state index contributed by atoms with van der Waals surface area (Å²) in [6, 6.07) is 10.5. The Morgan fingerprint density at radius 2 is 2.17 bits per heavy atom. The van der Waals surface area contributed by atoms with Crippen molar-refractivity contribution in [1.82, 2.24) is 25.3 Å². The molecule has 0 aliphatic carbocycles. The molecular formula is C18H25N5O. The monoisotopic (exact) mass is 327 g/mol. The summed E-state index contributed by atoms with van der Waals surface area (Å²) in [5.74, 6) is 0.0812. The molecule has 0 saturated carbocycles. The molecular weight excluding hydrogens is 302 g/mol. The van der Waals surface area contributed by atoms with Gasteiger partial charge in [-0.1, -0.05) is 24.3 Å². The number of carbonyl (C=O) groups excluding carboxylic acids is 1. The van der Waals surface area contributed by atoms with Gasteiger partial charge in [-0.15, -0.1) is 0 Å². The average molecular weight is 327 g/mol. The summed E-state index contributed by atoms with van der Waals surface area (Å²) >= 11 is 0. The van der Waals surface area contributed by atoms with Crippen molar-refractivity contribution in [2.45, 2.75) is 26.1 Å². The van der Waals surface area contributed by atoms with E-state index in [1.54, 1.807) is 6.20 Å². The van der Waals surface area contributed by atoms with Gasteiger partial charge in [0.1, 0.15) is 0 Å². The Morgan fingerprint density at radius 3 is 2.92 bits per heavy atom. The Kier molecular flexibility index (Phi) is 5.61. The highest BCUT2D eigenvalue weighted by Gasteiger charge is 2.20. The van der Waals surface area contributed by atoms with E-state index in [4.69, 9.17) is 0 Å². The van der Waals surface area contributed by atoms with Crippen LogP contribution in [0.25, 0.3) is 0 Å². The van der Waals surface area contributed by atoms with E-state index < -0.39 is 0 Å². The minimum atomic E-state index is 0.0812. The first-order valence-corrected chi connectivity index (χ1v) is 8.48. The van der Waals surface area contributed by atoms with Crippen molar-refractivity contribution >= 4 is 5.91 Å². The van der Waals surface area contributed by atoms with Crippen molar-refractivity contribution in [1.29, 1.82) is 0 Å². The first-order valence-electron chi connectivity index (χ1n) is 8.48. The lowest BCUT2D eigenvalue weighted by Gasteiger charge is -2.33. The normalized spacial score (nSPS) is 18.5. The summed E-state index contributed by atoms with van der Waals surface area (Å²) in [7, 11) is 0. The average Bonchev–Trinajstić information content (AvgIpc) is 3.09. The van der Waals surface area contributed by atoms with Crippen LogP contribution in [0.2, 0.25) is 0 Å². The lowest BCUT2D eigenvalue weighted by Crippen LogP contribution is -2.52. The van der Waals surface area contributed by atoms with Crippen molar-refractivity contribution in [3.05, 3.63) is 53.9 Å². The number of rotatable bonds is 6. The molecule has 0 spiro atoms. The van der Waals surface area contributed by atoms with E-state index in [1.165, 1.54) is 5.56 Å². The second-order valence-corrected chi connectivity index (χ2v) is 6.27. The molecule has 1 aromatic heterocycles.